The fourth-order valence-corrected chi connectivity index (χ4v) is 1.93. The average Bonchev–Trinajstić information content (AvgIpc) is 2.27. The molecule has 6 heteroatoms. The average molecular weight is 271 g/mol. The summed E-state index contributed by atoms with van der Waals surface area (Å²) < 4.78 is 19.1. The highest BCUT2D eigenvalue weighted by molar-refractivity contribution is 7.79. The maximum atomic E-state index is 11.1. The lowest BCUT2D eigenvalue weighted by Crippen LogP contribution is -2.40. The predicted octanol–water partition coefficient (Wildman–Crippen LogP) is 0.802. The molecule has 0 aliphatic rings. The van der Waals surface area contributed by atoms with Crippen LogP contribution in [0.1, 0.15) is 11.1 Å². The molecule has 18 heavy (non-hydrogen) atoms. The number of carbonyl (C=O) groups is 1. The third-order valence-corrected chi connectivity index (χ3v) is 3.04. The Morgan fingerprint density at radius 3 is 2.78 bits per heavy atom. The van der Waals surface area contributed by atoms with Crippen molar-refractivity contribution in [1.82, 2.24) is 5.32 Å². The third-order valence-electron chi connectivity index (χ3n) is 2.49. The molecule has 0 spiro atoms. The molecule has 0 aliphatic heterocycles. The van der Waals surface area contributed by atoms with Gasteiger partial charge < -0.3 is 15.0 Å². The van der Waals surface area contributed by atoms with Crippen LogP contribution in [0.2, 0.25) is 0 Å². The smallest absolute Gasteiger partial charge is 0.321 e. The van der Waals surface area contributed by atoms with Gasteiger partial charge in [0.15, 0.2) is 11.1 Å². The van der Waals surface area contributed by atoms with Crippen LogP contribution < -0.4 is 5.32 Å². The normalized spacial score (nSPS) is 14.1. The molecule has 1 rings (SSSR count). The lowest BCUT2D eigenvalue weighted by Gasteiger charge is -2.14. The van der Waals surface area contributed by atoms with Crippen LogP contribution in [0.25, 0.3) is 0 Å². The molecule has 0 aliphatic carbocycles. The van der Waals surface area contributed by atoms with Crippen molar-refractivity contribution in [1.29, 1.82) is 0 Å². The summed E-state index contributed by atoms with van der Waals surface area (Å²) in [6.45, 7) is 2.15. The first kappa shape index (κ1) is 14.8. The number of hydrogen-bond acceptors (Lipinski definition) is 3. The first-order chi connectivity index (χ1) is 8.49. The summed E-state index contributed by atoms with van der Waals surface area (Å²) in [5.41, 5.74) is 2.01. The number of carboxylic acid groups (broad SMARTS) is 1. The van der Waals surface area contributed by atoms with Gasteiger partial charge in [0.25, 0.3) is 0 Å². The zero-order chi connectivity index (χ0) is 13.5. The van der Waals surface area contributed by atoms with Crippen LogP contribution in [0, 0.1) is 6.92 Å². The highest BCUT2D eigenvalue weighted by Gasteiger charge is 2.17. The Balaban J connectivity index is 2.57. The molecule has 0 bridgehead atoms. The lowest BCUT2D eigenvalue weighted by molar-refractivity contribution is -0.139. The van der Waals surface area contributed by atoms with Gasteiger partial charge in [-0.2, -0.15) is 0 Å². The molecule has 2 unspecified atom stereocenters. The van der Waals surface area contributed by atoms with E-state index in [1.54, 1.807) is 0 Å². The Morgan fingerprint density at radius 1 is 1.50 bits per heavy atom. The van der Waals surface area contributed by atoms with Crippen LogP contribution >= 0.6 is 0 Å². The van der Waals surface area contributed by atoms with E-state index in [0.717, 1.165) is 11.1 Å². The van der Waals surface area contributed by atoms with Crippen LogP contribution in [0.5, 0.6) is 0 Å². The van der Waals surface area contributed by atoms with E-state index in [2.05, 4.69) is 5.32 Å². The molecule has 0 saturated carbocycles. The largest absolute Gasteiger partial charge is 0.480 e. The third kappa shape index (κ3) is 5.39. The van der Waals surface area contributed by atoms with Gasteiger partial charge in [0.2, 0.25) is 0 Å². The summed E-state index contributed by atoms with van der Waals surface area (Å²) in [7, 11) is 0. The van der Waals surface area contributed by atoms with Gasteiger partial charge in [-0.1, -0.05) is 29.8 Å². The number of carboxylic acids is 1. The molecule has 1 aromatic rings. The maximum Gasteiger partial charge on any atom is 0.321 e. The number of aryl methyl sites for hydroxylation is 1. The Bertz CT molecular complexity index is 436. The first-order valence-electron chi connectivity index (χ1n) is 5.58. The highest BCUT2D eigenvalue weighted by atomic mass is 32.2. The van der Waals surface area contributed by atoms with Crippen molar-refractivity contribution in [3.8, 4) is 0 Å². The van der Waals surface area contributed by atoms with Gasteiger partial charge in [0, 0.05) is 6.54 Å². The molecule has 0 radical (unpaired) electrons. The van der Waals surface area contributed by atoms with Gasteiger partial charge in [-0.15, -0.1) is 0 Å². The number of hydrogen-bond donors (Lipinski definition) is 3. The zero-order valence-corrected chi connectivity index (χ0v) is 10.9. The highest BCUT2D eigenvalue weighted by Crippen LogP contribution is 2.07. The van der Waals surface area contributed by atoms with Crippen molar-refractivity contribution < 1.29 is 18.7 Å². The predicted molar refractivity (Wildman–Crippen MR) is 69.9 cm³/mol. The molecule has 0 saturated heterocycles. The molecule has 0 aromatic heterocycles. The molecule has 3 N–H and O–H groups in total. The quantitative estimate of drug-likeness (QED) is 0.639. The summed E-state index contributed by atoms with van der Waals surface area (Å²) in [6.07, 6.45) is 0.356. The number of benzene rings is 1. The van der Waals surface area contributed by atoms with E-state index in [9.17, 15) is 9.00 Å². The van der Waals surface area contributed by atoms with Gasteiger partial charge in [-0.25, -0.2) is 4.21 Å². The summed E-state index contributed by atoms with van der Waals surface area (Å²) in [6, 6.07) is 6.89. The Hall–Kier alpha value is -1.24. The minimum Gasteiger partial charge on any atom is -0.480 e. The van der Waals surface area contributed by atoms with Gasteiger partial charge in [-0.05, 0) is 18.9 Å². The Kier molecular flexibility index (Phi) is 5.97. The molecular formula is C12H17NO4S. The van der Waals surface area contributed by atoms with Crippen molar-refractivity contribution in [2.75, 3.05) is 12.3 Å². The fraction of sp³-hybridized carbons (Fsp3) is 0.417. The molecule has 0 fully saturated rings. The summed E-state index contributed by atoms with van der Waals surface area (Å²) in [5.74, 6) is -0.933. The van der Waals surface area contributed by atoms with Gasteiger partial charge in [0.05, 0.1) is 5.75 Å². The van der Waals surface area contributed by atoms with E-state index in [-0.39, 0.29) is 12.3 Å². The van der Waals surface area contributed by atoms with Crippen molar-refractivity contribution in [3.63, 3.8) is 0 Å². The Labute approximate surface area is 109 Å². The Morgan fingerprint density at radius 2 is 2.22 bits per heavy atom. The zero-order valence-electron chi connectivity index (χ0n) is 10.1. The van der Waals surface area contributed by atoms with E-state index in [1.807, 2.05) is 31.2 Å². The van der Waals surface area contributed by atoms with Crippen molar-refractivity contribution in [2.24, 2.45) is 0 Å². The molecule has 5 nitrogen and oxygen atoms in total. The van der Waals surface area contributed by atoms with E-state index in [0.29, 0.717) is 6.42 Å². The second-order valence-corrected chi connectivity index (χ2v) is 5.11. The van der Waals surface area contributed by atoms with Crippen LogP contribution in [0.15, 0.2) is 24.3 Å². The van der Waals surface area contributed by atoms with E-state index < -0.39 is 23.1 Å². The van der Waals surface area contributed by atoms with Crippen molar-refractivity contribution >= 4 is 17.0 Å². The summed E-state index contributed by atoms with van der Waals surface area (Å²) in [5, 5.41) is 11.8. The topological polar surface area (TPSA) is 86.6 Å². The first-order valence-corrected chi connectivity index (χ1v) is 6.86. The summed E-state index contributed by atoms with van der Waals surface area (Å²) >= 11 is -1.90. The van der Waals surface area contributed by atoms with Crippen LogP contribution in [-0.4, -0.2) is 38.2 Å². The lowest BCUT2D eigenvalue weighted by atomic mass is 10.0. The number of aliphatic carboxylic acids is 1. The van der Waals surface area contributed by atoms with E-state index in [1.165, 1.54) is 0 Å². The second kappa shape index (κ2) is 7.25. The van der Waals surface area contributed by atoms with Crippen molar-refractivity contribution in [2.45, 2.75) is 19.4 Å². The SMILES string of the molecule is Cc1cccc(CC(NCCS(=O)O)C(=O)O)c1. The van der Waals surface area contributed by atoms with Gasteiger partial charge >= 0.3 is 5.97 Å². The monoisotopic (exact) mass is 271 g/mol. The standard InChI is InChI=1S/C12H17NO4S/c1-9-3-2-4-10(7-9)8-11(12(14)15)13-5-6-18(16)17/h2-4,7,11,13H,5-6,8H2,1H3,(H,14,15)(H,16,17). The van der Waals surface area contributed by atoms with Gasteiger partial charge in [-0.3, -0.25) is 4.79 Å². The van der Waals surface area contributed by atoms with E-state index >= 15 is 0 Å². The molecule has 100 valence electrons. The van der Waals surface area contributed by atoms with Crippen LogP contribution in [-0.2, 0) is 22.3 Å². The molecule has 2 atom stereocenters. The number of nitrogens with one attached hydrogen (secondary N) is 1. The second-order valence-electron chi connectivity index (χ2n) is 4.06. The van der Waals surface area contributed by atoms with E-state index in [4.69, 9.17) is 9.66 Å². The van der Waals surface area contributed by atoms with Crippen LogP contribution in [0.3, 0.4) is 0 Å². The minimum atomic E-state index is -1.90. The molecule has 0 heterocycles. The number of rotatable bonds is 7. The summed E-state index contributed by atoms with van der Waals surface area (Å²) in [4.78, 5) is 11.1. The fourth-order valence-electron chi connectivity index (χ4n) is 1.64. The molecular weight excluding hydrogens is 254 g/mol. The van der Waals surface area contributed by atoms with Crippen molar-refractivity contribution in [3.05, 3.63) is 35.4 Å². The minimum absolute atomic E-state index is 0.0254. The molecule has 0 amide bonds. The van der Waals surface area contributed by atoms with Gasteiger partial charge in [0.1, 0.15) is 6.04 Å². The molecule has 1 aromatic carbocycles. The van der Waals surface area contributed by atoms with Crippen LogP contribution in [0.4, 0.5) is 0 Å². The maximum absolute atomic E-state index is 11.1.